The first kappa shape index (κ1) is 23.7. The number of ether oxygens (including phenoxy) is 1. The third-order valence-electron chi connectivity index (χ3n) is 6.76. The van der Waals surface area contributed by atoms with Crippen molar-refractivity contribution in [2.45, 2.75) is 58.6 Å². The van der Waals surface area contributed by atoms with Gasteiger partial charge in [-0.25, -0.2) is 0 Å². The lowest BCUT2D eigenvalue weighted by atomic mass is 9.86. The normalized spacial score (nSPS) is 14.0. The second-order valence-corrected chi connectivity index (χ2v) is 8.91. The van der Waals surface area contributed by atoms with Crippen molar-refractivity contribution in [3.8, 4) is 0 Å². The van der Waals surface area contributed by atoms with Gasteiger partial charge in [-0.1, -0.05) is 50.2 Å². The summed E-state index contributed by atoms with van der Waals surface area (Å²) in [6.07, 6.45) is 5.66. The van der Waals surface area contributed by atoms with Crippen LogP contribution in [0.5, 0.6) is 0 Å². The van der Waals surface area contributed by atoms with Crippen LogP contribution in [0, 0.1) is 0 Å². The van der Waals surface area contributed by atoms with Gasteiger partial charge in [-0.2, -0.15) is 0 Å². The number of nitrogens with zero attached hydrogens (tertiary/aromatic N) is 5. The van der Waals surface area contributed by atoms with Crippen molar-refractivity contribution < 1.29 is 4.74 Å². The molecule has 0 saturated heterocycles. The fourth-order valence-electron chi connectivity index (χ4n) is 4.94. The molecule has 0 aliphatic rings. The summed E-state index contributed by atoms with van der Waals surface area (Å²) < 4.78 is 5.71. The van der Waals surface area contributed by atoms with Crippen LogP contribution in [0.3, 0.4) is 0 Å². The molecule has 174 valence electrons. The summed E-state index contributed by atoms with van der Waals surface area (Å²) >= 11 is 0. The predicted octanol–water partition coefficient (Wildman–Crippen LogP) is 7.77. The zero-order chi connectivity index (χ0) is 24.2. The zero-order valence-electron chi connectivity index (χ0n) is 20.5. The second kappa shape index (κ2) is 10.2. The van der Waals surface area contributed by atoms with Gasteiger partial charge in [0.05, 0.1) is 23.2 Å². The number of hydrogen-bond donors (Lipinski definition) is 0. The maximum atomic E-state index is 9.10. The highest BCUT2D eigenvalue weighted by atomic mass is 16.5. The third-order valence-corrected chi connectivity index (χ3v) is 6.76. The minimum Gasteiger partial charge on any atom is -0.377 e. The minimum absolute atomic E-state index is 0.00546. The summed E-state index contributed by atoms with van der Waals surface area (Å²) in [6, 6.07) is 14.3. The molecule has 0 bridgehead atoms. The topological polar surface area (TPSA) is 83.8 Å². The maximum Gasteiger partial charge on any atom is 0.0802 e. The van der Waals surface area contributed by atoms with Crippen molar-refractivity contribution in [1.29, 1.82) is 0 Å². The molecule has 4 aromatic rings. The van der Waals surface area contributed by atoms with Crippen LogP contribution in [-0.2, 0) is 17.6 Å². The third kappa shape index (κ3) is 4.47. The van der Waals surface area contributed by atoms with Crippen LogP contribution >= 0.6 is 0 Å². The van der Waals surface area contributed by atoms with Crippen molar-refractivity contribution in [2.75, 3.05) is 7.11 Å². The van der Waals surface area contributed by atoms with Crippen LogP contribution < -0.4 is 0 Å². The van der Waals surface area contributed by atoms with E-state index in [2.05, 4.69) is 60.0 Å². The van der Waals surface area contributed by atoms with Crippen LogP contribution in [0.2, 0.25) is 0 Å². The van der Waals surface area contributed by atoms with Gasteiger partial charge < -0.3 is 4.74 Å². The summed E-state index contributed by atoms with van der Waals surface area (Å²) in [4.78, 5) is 12.5. The molecule has 3 unspecified atom stereocenters. The van der Waals surface area contributed by atoms with Crippen molar-refractivity contribution >= 4 is 21.8 Å². The number of aryl methyl sites for hydroxylation is 1. The van der Waals surface area contributed by atoms with Crippen LogP contribution in [0.15, 0.2) is 60.0 Å². The average molecular weight is 454 g/mol. The fraction of sp³-hybridized carbons (Fsp3) is 0.357. The van der Waals surface area contributed by atoms with E-state index in [0.29, 0.717) is 0 Å². The Morgan fingerprint density at radius 1 is 0.971 bits per heavy atom. The molecule has 2 heterocycles. The number of hydrogen-bond acceptors (Lipinski definition) is 4. The number of para-hydroxylation sites is 1. The molecule has 0 aliphatic heterocycles. The van der Waals surface area contributed by atoms with Gasteiger partial charge in [0.1, 0.15) is 0 Å². The molecule has 0 spiro atoms. The van der Waals surface area contributed by atoms with Crippen LogP contribution in [-0.4, -0.2) is 17.1 Å². The first-order chi connectivity index (χ1) is 16.5. The molecule has 4 rings (SSSR count). The molecule has 0 saturated carbocycles. The Bertz CT molecular complexity index is 1380. The molecule has 2 aromatic carbocycles. The first-order valence-corrected chi connectivity index (χ1v) is 11.8. The van der Waals surface area contributed by atoms with Gasteiger partial charge in [0, 0.05) is 35.2 Å². The van der Waals surface area contributed by atoms with Crippen molar-refractivity contribution in [3.05, 3.63) is 93.1 Å². The Balaban J connectivity index is 1.78. The summed E-state index contributed by atoms with van der Waals surface area (Å²) in [5, 5.41) is 6.22. The molecule has 2 aromatic heterocycles. The highest BCUT2D eigenvalue weighted by Crippen LogP contribution is 2.35. The summed E-state index contributed by atoms with van der Waals surface area (Å²) in [5.74, 6) is 0.187. The van der Waals surface area contributed by atoms with Gasteiger partial charge in [0.15, 0.2) is 0 Å². The molecule has 6 heteroatoms. The number of pyridine rings is 2. The lowest BCUT2D eigenvalue weighted by molar-refractivity contribution is 0.120. The van der Waals surface area contributed by atoms with Gasteiger partial charge in [0.25, 0.3) is 0 Å². The zero-order valence-corrected chi connectivity index (χ0v) is 20.5. The molecular formula is C28H31N5O. The van der Waals surface area contributed by atoms with Gasteiger partial charge in [-0.05, 0) is 77.2 Å². The second-order valence-electron chi connectivity index (χ2n) is 8.91. The molecule has 0 aliphatic carbocycles. The fourth-order valence-corrected chi connectivity index (χ4v) is 4.94. The van der Waals surface area contributed by atoms with Crippen LogP contribution in [0.25, 0.3) is 32.2 Å². The first-order valence-electron chi connectivity index (χ1n) is 11.8. The summed E-state index contributed by atoms with van der Waals surface area (Å²) in [7, 11) is 1.75. The summed E-state index contributed by atoms with van der Waals surface area (Å²) in [6.45, 7) is 8.40. The van der Waals surface area contributed by atoms with E-state index in [0.717, 1.165) is 45.8 Å². The number of aromatic nitrogens is 2. The molecule has 0 N–H and O–H groups in total. The van der Waals surface area contributed by atoms with E-state index in [-0.39, 0.29) is 18.1 Å². The SMILES string of the molecule is CCc1cnc2ccc(CC(C)c3cnc4ccccc4c3C(C)N=[N+]=[N-])cc2c1C(C)OC. The number of methoxy groups -OCH3 is 1. The summed E-state index contributed by atoms with van der Waals surface area (Å²) in [5.41, 5.74) is 16.8. The van der Waals surface area contributed by atoms with E-state index in [1.54, 1.807) is 7.11 Å². The Morgan fingerprint density at radius 3 is 2.44 bits per heavy atom. The lowest BCUT2D eigenvalue weighted by Gasteiger charge is -2.21. The predicted molar refractivity (Wildman–Crippen MR) is 138 cm³/mol. The van der Waals surface area contributed by atoms with E-state index < -0.39 is 0 Å². The van der Waals surface area contributed by atoms with Crippen molar-refractivity contribution in [2.24, 2.45) is 5.11 Å². The molecular weight excluding hydrogens is 422 g/mol. The van der Waals surface area contributed by atoms with E-state index >= 15 is 0 Å². The Kier molecular flexibility index (Phi) is 7.11. The quantitative estimate of drug-likeness (QED) is 0.155. The van der Waals surface area contributed by atoms with E-state index in [9.17, 15) is 0 Å². The van der Waals surface area contributed by atoms with Gasteiger partial charge in [0.2, 0.25) is 0 Å². The van der Waals surface area contributed by atoms with E-state index in [1.807, 2.05) is 37.5 Å². The van der Waals surface area contributed by atoms with Crippen LogP contribution in [0.1, 0.15) is 73.6 Å². The number of benzene rings is 2. The molecule has 3 atom stereocenters. The molecule has 0 fully saturated rings. The average Bonchev–Trinajstić information content (AvgIpc) is 2.86. The number of azide groups is 1. The largest absolute Gasteiger partial charge is 0.377 e. The van der Waals surface area contributed by atoms with Crippen molar-refractivity contribution in [3.63, 3.8) is 0 Å². The number of fused-ring (bicyclic) bond motifs is 2. The minimum atomic E-state index is -0.280. The molecule has 34 heavy (non-hydrogen) atoms. The van der Waals surface area contributed by atoms with Crippen molar-refractivity contribution in [1.82, 2.24) is 9.97 Å². The standard InChI is InChI=1S/C28H31N5O/c1-6-21-15-30-26-12-11-20(14-23(26)28(21)19(4)34-5)13-17(2)24-16-31-25-10-8-7-9-22(25)27(24)18(3)32-33-29/h7-12,14-19H,6,13H2,1-5H3. The monoisotopic (exact) mass is 453 g/mol. The van der Waals surface area contributed by atoms with E-state index in [1.165, 1.54) is 16.7 Å². The Hall–Kier alpha value is -3.47. The van der Waals surface area contributed by atoms with Gasteiger partial charge >= 0.3 is 0 Å². The van der Waals surface area contributed by atoms with Gasteiger partial charge in [-0.15, -0.1) is 0 Å². The maximum absolute atomic E-state index is 9.10. The number of rotatable bonds is 8. The van der Waals surface area contributed by atoms with Gasteiger partial charge in [-0.3, -0.25) is 9.97 Å². The lowest BCUT2D eigenvalue weighted by Crippen LogP contribution is -2.07. The molecule has 6 nitrogen and oxygen atoms in total. The van der Waals surface area contributed by atoms with E-state index in [4.69, 9.17) is 15.3 Å². The molecule has 0 radical (unpaired) electrons. The Morgan fingerprint density at radius 2 is 1.71 bits per heavy atom. The smallest absolute Gasteiger partial charge is 0.0802 e. The highest BCUT2D eigenvalue weighted by Gasteiger charge is 2.20. The Labute approximate surface area is 200 Å². The molecule has 0 amide bonds. The highest BCUT2D eigenvalue weighted by molar-refractivity contribution is 5.85. The van der Waals surface area contributed by atoms with Crippen LogP contribution in [0.4, 0.5) is 0 Å².